The van der Waals surface area contributed by atoms with E-state index >= 15 is 0 Å². The van der Waals surface area contributed by atoms with Gasteiger partial charge in [-0.25, -0.2) is 0 Å². The third-order valence-electron chi connectivity index (χ3n) is 4.70. The Bertz CT molecular complexity index is 817. The van der Waals surface area contributed by atoms with Gasteiger partial charge in [0.1, 0.15) is 6.61 Å². The van der Waals surface area contributed by atoms with E-state index in [2.05, 4.69) is 35.5 Å². The summed E-state index contributed by atoms with van der Waals surface area (Å²) in [6.07, 6.45) is 8.88. The molecule has 1 aliphatic carbocycles. The highest BCUT2D eigenvalue weighted by Gasteiger charge is 2.22. The first-order chi connectivity index (χ1) is 13.2. The largest absolute Gasteiger partial charge is 0.493 e. The molecule has 0 saturated heterocycles. The normalized spacial score (nSPS) is 12.9. The van der Waals surface area contributed by atoms with E-state index in [1.807, 2.05) is 18.2 Å². The fourth-order valence-corrected chi connectivity index (χ4v) is 2.98. The second-order valence-electron chi connectivity index (χ2n) is 6.77. The van der Waals surface area contributed by atoms with E-state index in [1.54, 1.807) is 7.11 Å². The number of methoxy groups -OCH3 is 1. The van der Waals surface area contributed by atoms with Crippen molar-refractivity contribution in [3.63, 3.8) is 0 Å². The van der Waals surface area contributed by atoms with Crippen LogP contribution in [0.2, 0.25) is 0 Å². The molecule has 0 atom stereocenters. The standard InChI is InChI=1S/C23H25NO3/c1-3-14-27-21-12-6-17(15-22(21)26-2)7-13-23(25)24-16-18-4-8-19(9-5-18)20-10-11-20/h1,4-6,8-9,12,15,20H,7,10-11,13-14,16H2,2H3,(H,24,25). The fraction of sp³-hybridized carbons (Fsp3) is 0.348. The van der Waals surface area contributed by atoms with Crippen molar-refractivity contribution >= 4 is 5.91 Å². The fourth-order valence-electron chi connectivity index (χ4n) is 2.98. The Morgan fingerprint density at radius 2 is 1.89 bits per heavy atom. The number of terminal acetylenes is 1. The Labute approximate surface area is 160 Å². The van der Waals surface area contributed by atoms with Crippen LogP contribution in [-0.4, -0.2) is 19.6 Å². The summed E-state index contributed by atoms with van der Waals surface area (Å²) < 4.78 is 10.8. The third-order valence-corrected chi connectivity index (χ3v) is 4.70. The molecule has 0 radical (unpaired) electrons. The molecule has 1 fully saturated rings. The molecule has 2 aromatic carbocycles. The average molecular weight is 363 g/mol. The molecule has 1 saturated carbocycles. The zero-order valence-electron chi connectivity index (χ0n) is 15.7. The van der Waals surface area contributed by atoms with E-state index in [9.17, 15) is 4.79 Å². The summed E-state index contributed by atoms with van der Waals surface area (Å²) in [6, 6.07) is 14.2. The van der Waals surface area contributed by atoms with Crippen molar-refractivity contribution in [2.75, 3.05) is 13.7 Å². The zero-order valence-corrected chi connectivity index (χ0v) is 15.7. The van der Waals surface area contributed by atoms with Gasteiger partial charge in [-0.2, -0.15) is 0 Å². The molecule has 1 aliphatic rings. The van der Waals surface area contributed by atoms with Gasteiger partial charge in [-0.05, 0) is 54.0 Å². The van der Waals surface area contributed by atoms with Gasteiger partial charge >= 0.3 is 0 Å². The molecule has 2 aromatic rings. The van der Waals surface area contributed by atoms with Crippen LogP contribution >= 0.6 is 0 Å². The number of hydrogen-bond donors (Lipinski definition) is 1. The molecule has 3 rings (SSSR count). The van der Waals surface area contributed by atoms with Crippen LogP contribution in [-0.2, 0) is 17.8 Å². The lowest BCUT2D eigenvalue weighted by Gasteiger charge is -2.11. The van der Waals surface area contributed by atoms with Crippen LogP contribution < -0.4 is 14.8 Å². The van der Waals surface area contributed by atoms with Crippen LogP contribution in [0.3, 0.4) is 0 Å². The van der Waals surface area contributed by atoms with Crippen LogP contribution in [0.5, 0.6) is 11.5 Å². The number of carbonyl (C=O) groups is 1. The van der Waals surface area contributed by atoms with Crippen molar-refractivity contribution in [1.82, 2.24) is 5.32 Å². The van der Waals surface area contributed by atoms with Gasteiger partial charge in [-0.15, -0.1) is 6.42 Å². The minimum absolute atomic E-state index is 0.0351. The van der Waals surface area contributed by atoms with E-state index in [0.717, 1.165) is 17.0 Å². The molecule has 0 heterocycles. The molecule has 0 unspecified atom stereocenters. The summed E-state index contributed by atoms with van der Waals surface area (Å²) in [7, 11) is 1.59. The number of ether oxygens (including phenoxy) is 2. The number of amides is 1. The summed E-state index contributed by atoms with van der Waals surface area (Å²) in [5.41, 5.74) is 3.56. The molecule has 1 N–H and O–H groups in total. The molecular weight excluding hydrogens is 338 g/mol. The van der Waals surface area contributed by atoms with Crippen molar-refractivity contribution in [2.24, 2.45) is 0 Å². The Hall–Kier alpha value is -2.93. The van der Waals surface area contributed by atoms with Crippen molar-refractivity contribution in [3.05, 3.63) is 59.2 Å². The molecule has 140 valence electrons. The van der Waals surface area contributed by atoms with Gasteiger partial charge in [0.05, 0.1) is 7.11 Å². The Kier molecular flexibility index (Phi) is 6.38. The second-order valence-corrected chi connectivity index (χ2v) is 6.77. The average Bonchev–Trinajstić information content (AvgIpc) is 3.55. The number of benzene rings is 2. The van der Waals surface area contributed by atoms with Crippen molar-refractivity contribution in [2.45, 2.75) is 38.1 Å². The summed E-state index contributed by atoms with van der Waals surface area (Å²) in [6.45, 7) is 0.756. The van der Waals surface area contributed by atoms with Crippen LogP contribution in [0.4, 0.5) is 0 Å². The van der Waals surface area contributed by atoms with Crippen LogP contribution in [0, 0.1) is 12.3 Å². The van der Waals surface area contributed by atoms with Gasteiger partial charge in [0.15, 0.2) is 11.5 Å². The highest BCUT2D eigenvalue weighted by atomic mass is 16.5. The maximum absolute atomic E-state index is 12.1. The number of rotatable bonds is 9. The maximum atomic E-state index is 12.1. The topological polar surface area (TPSA) is 47.6 Å². The lowest BCUT2D eigenvalue weighted by Crippen LogP contribution is -2.23. The molecule has 0 aromatic heterocycles. The molecule has 0 aliphatic heterocycles. The molecule has 27 heavy (non-hydrogen) atoms. The Balaban J connectivity index is 1.46. The summed E-state index contributed by atoms with van der Waals surface area (Å²) in [5.74, 6) is 4.46. The Morgan fingerprint density at radius 3 is 2.56 bits per heavy atom. The van der Waals surface area contributed by atoms with Crippen LogP contribution in [0.1, 0.15) is 41.9 Å². The first kappa shape index (κ1) is 18.8. The summed E-state index contributed by atoms with van der Waals surface area (Å²) in [5, 5.41) is 2.98. The van der Waals surface area contributed by atoms with Gasteiger partial charge in [0.25, 0.3) is 0 Å². The van der Waals surface area contributed by atoms with E-state index in [4.69, 9.17) is 15.9 Å². The second kappa shape index (κ2) is 9.14. The predicted molar refractivity (Wildman–Crippen MR) is 106 cm³/mol. The van der Waals surface area contributed by atoms with E-state index in [-0.39, 0.29) is 12.5 Å². The number of hydrogen-bond acceptors (Lipinski definition) is 3. The predicted octanol–water partition coefficient (Wildman–Crippen LogP) is 3.83. The smallest absolute Gasteiger partial charge is 0.220 e. The molecule has 4 heteroatoms. The molecule has 0 bridgehead atoms. The first-order valence-electron chi connectivity index (χ1n) is 9.28. The molecule has 1 amide bonds. The number of aryl methyl sites for hydroxylation is 1. The minimum atomic E-state index is 0.0351. The first-order valence-corrected chi connectivity index (χ1v) is 9.28. The van der Waals surface area contributed by atoms with Crippen LogP contribution in [0.25, 0.3) is 0 Å². The molecule has 0 spiro atoms. The van der Waals surface area contributed by atoms with Crippen molar-refractivity contribution < 1.29 is 14.3 Å². The van der Waals surface area contributed by atoms with Crippen LogP contribution in [0.15, 0.2) is 42.5 Å². The summed E-state index contributed by atoms with van der Waals surface area (Å²) >= 11 is 0. The number of nitrogens with one attached hydrogen (secondary N) is 1. The highest BCUT2D eigenvalue weighted by Crippen LogP contribution is 2.39. The zero-order chi connectivity index (χ0) is 19.1. The monoisotopic (exact) mass is 363 g/mol. The lowest BCUT2D eigenvalue weighted by molar-refractivity contribution is -0.121. The SMILES string of the molecule is C#CCOc1ccc(CCC(=O)NCc2ccc(C3CC3)cc2)cc1OC. The Morgan fingerprint density at radius 1 is 1.15 bits per heavy atom. The number of carbonyl (C=O) groups excluding carboxylic acids is 1. The molecular formula is C23H25NO3. The van der Waals surface area contributed by atoms with Gasteiger partial charge in [0.2, 0.25) is 5.91 Å². The third kappa shape index (κ3) is 5.52. The maximum Gasteiger partial charge on any atom is 0.220 e. The van der Waals surface area contributed by atoms with E-state index in [0.29, 0.717) is 30.9 Å². The quantitative estimate of drug-likeness (QED) is 0.689. The summed E-state index contributed by atoms with van der Waals surface area (Å²) in [4.78, 5) is 12.1. The molecule has 4 nitrogen and oxygen atoms in total. The highest BCUT2D eigenvalue weighted by molar-refractivity contribution is 5.76. The van der Waals surface area contributed by atoms with Crippen molar-refractivity contribution in [3.8, 4) is 23.8 Å². The van der Waals surface area contributed by atoms with Gasteiger partial charge in [0, 0.05) is 13.0 Å². The van der Waals surface area contributed by atoms with Gasteiger partial charge in [-0.1, -0.05) is 36.3 Å². The van der Waals surface area contributed by atoms with Gasteiger partial charge < -0.3 is 14.8 Å². The lowest BCUT2D eigenvalue weighted by atomic mass is 10.1. The van der Waals surface area contributed by atoms with E-state index in [1.165, 1.54) is 18.4 Å². The van der Waals surface area contributed by atoms with E-state index < -0.39 is 0 Å². The van der Waals surface area contributed by atoms with Crippen molar-refractivity contribution in [1.29, 1.82) is 0 Å². The van der Waals surface area contributed by atoms with Gasteiger partial charge in [-0.3, -0.25) is 4.79 Å². The minimum Gasteiger partial charge on any atom is -0.493 e.